The van der Waals surface area contributed by atoms with Crippen molar-refractivity contribution in [3.05, 3.63) is 261 Å². The second-order valence-corrected chi connectivity index (χ2v) is 20.8. The first-order valence-electron chi connectivity index (χ1n) is 27.4. The van der Waals surface area contributed by atoms with E-state index < -0.39 is 0 Å². The summed E-state index contributed by atoms with van der Waals surface area (Å²) in [4.78, 5) is 27.7. The summed E-state index contributed by atoms with van der Waals surface area (Å²) >= 11 is 0. The number of hydrogen-bond acceptors (Lipinski definition) is 7. The van der Waals surface area contributed by atoms with E-state index in [-0.39, 0.29) is 0 Å². The second-order valence-electron chi connectivity index (χ2n) is 20.8. The highest BCUT2D eigenvalue weighted by molar-refractivity contribution is 6.23. The first kappa shape index (κ1) is 45.7. The highest BCUT2D eigenvalue weighted by atomic mass is 16.3. The standard InChI is InChI=1S/C73H43N7O2/c1-3-17-44(18-4-1)46-21-15-23-50(39-46)70-76-71(51-24-16-22-47(40-51)45-19-5-2-6-20-45)78-73(77-70)80-63-30-12-8-26-53(63)57-36-35-56-52-25-7-11-29-62(52)79(68(56)69(57)80)72-74-60(48-33-37-66-58(41-48)54-27-9-13-31-64(54)81-66)43-61(75-72)49-34-38-67-59(42-49)55-28-10-14-32-65(55)82-67/h1-43H. The van der Waals surface area contributed by atoms with Crippen molar-refractivity contribution in [2.24, 2.45) is 0 Å². The summed E-state index contributed by atoms with van der Waals surface area (Å²) in [5, 5.41) is 8.27. The predicted octanol–water partition coefficient (Wildman–Crippen LogP) is 18.7. The van der Waals surface area contributed by atoms with Crippen molar-refractivity contribution >= 4 is 87.5 Å². The molecule has 6 aromatic heterocycles. The van der Waals surface area contributed by atoms with Gasteiger partial charge in [0.1, 0.15) is 22.3 Å². The van der Waals surface area contributed by atoms with E-state index in [0.29, 0.717) is 23.5 Å². The quantitative estimate of drug-likeness (QED) is 0.149. The van der Waals surface area contributed by atoms with Crippen LogP contribution in [0.2, 0.25) is 0 Å². The van der Waals surface area contributed by atoms with Gasteiger partial charge in [-0.1, -0.05) is 182 Å². The minimum absolute atomic E-state index is 0.474. The number of benzene rings is 11. The molecule has 0 saturated carbocycles. The van der Waals surface area contributed by atoms with Gasteiger partial charge in [-0.15, -0.1) is 0 Å². The smallest absolute Gasteiger partial charge is 0.238 e. The van der Waals surface area contributed by atoms with Crippen molar-refractivity contribution < 1.29 is 8.83 Å². The van der Waals surface area contributed by atoms with E-state index in [1.165, 1.54) is 0 Å². The Morgan fingerprint density at radius 1 is 0.232 bits per heavy atom. The fourth-order valence-corrected chi connectivity index (χ4v) is 12.2. The zero-order valence-corrected chi connectivity index (χ0v) is 43.8. The van der Waals surface area contributed by atoms with Crippen molar-refractivity contribution in [2.45, 2.75) is 0 Å². The van der Waals surface area contributed by atoms with Crippen LogP contribution in [0.3, 0.4) is 0 Å². The first-order valence-corrected chi connectivity index (χ1v) is 27.4. The number of aromatic nitrogens is 7. The molecule has 0 bridgehead atoms. The molecule has 0 saturated heterocycles. The fraction of sp³-hybridized carbons (Fsp3) is 0. The Labute approximate surface area is 468 Å². The van der Waals surface area contributed by atoms with Gasteiger partial charge in [0.15, 0.2) is 11.6 Å². The summed E-state index contributed by atoms with van der Waals surface area (Å²) in [6.07, 6.45) is 0. The minimum atomic E-state index is 0.474. The lowest BCUT2D eigenvalue weighted by Crippen LogP contribution is -2.08. The normalized spacial score (nSPS) is 11.9. The van der Waals surface area contributed by atoms with E-state index in [2.05, 4.69) is 209 Å². The molecular formula is C73H43N7O2. The van der Waals surface area contributed by atoms with E-state index in [9.17, 15) is 0 Å². The maximum Gasteiger partial charge on any atom is 0.238 e. The first-order chi connectivity index (χ1) is 40.6. The second kappa shape index (κ2) is 18.1. The van der Waals surface area contributed by atoms with Crippen LogP contribution in [-0.2, 0) is 0 Å². The zero-order valence-electron chi connectivity index (χ0n) is 43.8. The number of fused-ring (bicyclic) bond motifs is 13. The van der Waals surface area contributed by atoms with Crippen LogP contribution in [0.15, 0.2) is 270 Å². The minimum Gasteiger partial charge on any atom is -0.456 e. The van der Waals surface area contributed by atoms with Gasteiger partial charge in [0.25, 0.3) is 0 Å². The van der Waals surface area contributed by atoms with Crippen LogP contribution in [0.5, 0.6) is 0 Å². The van der Waals surface area contributed by atoms with E-state index >= 15 is 0 Å². The summed E-state index contributed by atoms with van der Waals surface area (Å²) < 4.78 is 17.2. The average molecular weight is 1050 g/mol. The van der Waals surface area contributed by atoms with Crippen LogP contribution in [0, 0.1) is 0 Å². The number of hydrogen-bond donors (Lipinski definition) is 0. The molecule has 0 amide bonds. The number of rotatable bonds is 8. The molecule has 0 atom stereocenters. The molecule has 0 aliphatic heterocycles. The molecule has 9 heteroatoms. The van der Waals surface area contributed by atoms with Gasteiger partial charge in [-0.2, -0.15) is 9.97 Å². The third kappa shape index (κ3) is 7.30. The van der Waals surface area contributed by atoms with Crippen molar-refractivity contribution in [1.82, 2.24) is 34.1 Å². The molecule has 0 aliphatic rings. The van der Waals surface area contributed by atoms with Crippen molar-refractivity contribution in [3.63, 3.8) is 0 Å². The van der Waals surface area contributed by atoms with Crippen LogP contribution in [-0.4, -0.2) is 34.1 Å². The van der Waals surface area contributed by atoms with Gasteiger partial charge in [0.05, 0.1) is 33.5 Å². The van der Waals surface area contributed by atoms with E-state index in [4.69, 9.17) is 33.8 Å². The fourth-order valence-electron chi connectivity index (χ4n) is 12.2. The average Bonchev–Trinajstić information content (AvgIpc) is 3.74. The molecule has 382 valence electrons. The Balaban J connectivity index is 0.957. The Morgan fingerprint density at radius 2 is 0.622 bits per heavy atom. The molecule has 0 spiro atoms. The highest BCUT2D eigenvalue weighted by Gasteiger charge is 2.26. The molecule has 0 N–H and O–H groups in total. The van der Waals surface area contributed by atoms with E-state index in [1.807, 2.05) is 60.7 Å². The molecule has 0 unspecified atom stereocenters. The maximum atomic E-state index is 6.35. The van der Waals surface area contributed by atoms with Crippen molar-refractivity contribution in [2.75, 3.05) is 0 Å². The lowest BCUT2D eigenvalue weighted by Gasteiger charge is -2.14. The SMILES string of the molecule is c1ccc(-c2cccc(-c3nc(-c4cccc(-c5ccccc5)c4)nc(-n4c5ccccc5c5ccc6c7ccccc7n(-c7nc(-c8ccc9oc%10ccccc%10c9c8)cc(-c8ccc9oc%10ccccc%10c9c8)n7)c6c54)n3)c2)cc1. The van der Waals surface area contributed by atoms with Crippen LogP contribution < -0.4 is 0 Å². The predicted molar refractivity (Wildman–Crippen MR) is 331 cm³/mol. The van der Waals surface area contributed by atoms with Gasteiger partial charge in [-0.05, 0) is 101 Å². The molecule has 0 aliphatic carbocycles. The Hall–Kier alpha value is -11.3. The molecule has 0 fully saturated rings. The van der Waals surface area contributed by atoms with Gasteiger partial charge in [-0.25, -0.2) is 15.0 Å². The molecule has 6 heterocycles. The van der Waals surface area contributed by atoms with Gasteiger partial charge in [-0.3, -0.25) is 9.13 Å². The third-order valence-electron chi connectivity index (χ3n) is 16.0. The van der Waals surface area contributed by atoms with Crippen molar-refractivity contribution in [1.29, 1.82) is 0 Å². The largest absolute Gasteiger partial charge is 0.456 e. The van der Waals surface area contributed by atoms with E-state index in [0.717, 1.165) is 143 Å². The summed E-state index contributed by atoms with van der Waals surface area (Å²) in [6.45, 7) is 0. The molecule has 17 rings (SSSR count). The molecule has 0 radical (unpaired) electrons. The van der Waals surface area contributed by atoms with Gasteiger partial charge in [0.2, 0.25) is 11.9 Å². The lowest BCUT2D eigenvalue weighted by molar-refractivity contribution is 0.668. The number of para-hydroxylation sites is 4. The van der Waals surface area contributed by atoms with Gasteiger partial charge < -0.3 is 8.83 Å². The van der Waals surface area contributed by atoms with E-state index in [1.54, 1.807) is 0 Å². The molecule has 9 nitrogen and oxygen atoms in total. The van der Waals surface area contributed by atoms with Crippen LogP contribution in [0.4, 0.5) is 0 Å². The Morgan fingerprint density at radius 3 is 1.11 bits per heavy atom. The summed E-state index contributed by atoms with van der Waals surface area (Å²) in [7, 11) is 0. The lowest BCUT2D eigenvalue weighted by atomic mass is 10.0. The highest BCUT2D eigenvalue weighted by Crippen LogP contribution is 2.43. The monoisotopic (exact) mass is 1050 g/mol. The van der Waals surface area contributed by atoms with Crippen molar-refractivity contribution in [3.8, 4) is 79.4 Å². The van der Waals surface area contributed by atoms with Gasteiger partial charge in [0, 0.05) is 65.3 Å². The third-order valence-corrected chi connectivity index (χ3v) is 16.0. The maximum absolute atomic E-state index is 6.35. The number of furan rings is 2. The molecule has 17 aromatic rings. The summed E-state index contributed by atoms with van der Waals surface area (Å²) in [5.41, 5.74) is 16.4. The summed E-state index contributed by atoms with van der Waals surface area (Å²) in [5.74, 6) is 2.08. The Kier molecular flexibility index (Phi) is 10.1. The number of nitrogens with zero attached hydrogens (tertiary/aromatic N) is 7. The molecule has 82 heavy (non-hydrogen) atoms. The van der Waals surface area contributed by atoms with Crippen LogP contribution in [0.1, 0.15) is 0 Å². The molecule has 11 aromatic carbocycles. The Bertz CT molecular complexity index is 5190. The van der Waals surface area contributed by atoms with Crippen LogP contribution >= 0.6 is 0 Å². The molecular weight excluding hydrogens is 1010 g/mol. The topological polar surface area (TPSA) is 101 Å². The van der Waals surface area contributed by atoms with Crippen LogP contribution in [0.25, 0.3) is 167 Å². The summed E-state index contributed by atoms with van der Waals surface area (Å²) in [6, 6.07) is 90.4. The van der Waals surface area contributed by atoms with Gasteiger partial charge >= 0.3 is 0 Å². The zero-order chi connectivity index (χ0) is 53.8.